The van der Waals surface area contributed by atoms with E-state index in [0.717, 1.165) is 30.9 Å². The molecule has 108 valence electrons. The van der Waals surface area contributed by atoms with Crippen LogP contribution in [0.4, 0.5) is 0 Å². The molecule has 5 heteroatoms. The summed E-state index contributed by atoms with van der Waals surface area (Å²) in [5.41, 5.74) is 0. The van der Waals surface area contributed by atoms with Crippen LogP contribution in [0, 0.1) is 5.92 Å². The number of carbonyl (C=O) groups excluding carboxylic acids is 1. The maximum atomic E-state index is 12.5. The summed E-state index contributed by atoms with van der Waals surface area (Å²) in [5.74, 6) is 0.795. The van der Waals surface area contributed by atoms with Crippen molar-refractivity contribution in [3.05, 3.63) is 35.2 Å². The summed E-state index contributed by atoms with van der Waals surface area (Å²) in [6.45, 7) is 2.77. The normalized spacial score (nSPS) is 18.2. The van der Waals surface area contributed by atoms with Gasteiger partial charge in [0.05, 0.1) is 4.88 Å². The first-order valence-corrected chi connectivity index (χ1v) is 7.52. The molecule has 3 nitrogen and oxygen atoms in total. The molecule has 1 aliphatic heterocycles. The van der Waals surface area contributed by atoms with Crippen molar-refractivity contribution in [1.29, 1.82) is 0 Å². The van der Waals surface area contributed by atoms with Crippen molar-refractivity contribution in [2.45, 2.75) is 6.42 Å². The first-order chi connectivity index (χ1) is 9.28. The van der Waals surface area contributed by atoms with Crippen molar-refractivity contribution in [2.24, 2.45) is 5.92 Å². The second kappa shape index (κ2) is 6.57. The Hall–Kier alpha value is -1.10. The Morgan fingerprint density at radius 3 is 3.00 bits per heavy atom. The number of nitrogens with zero attached hydrogens (tertiary/aromatic N) is 1. The smallest absolute Gasteiger partial charge is 0.263 e. The molecule has 0 bridgehead atoms. The molecule has 2 aromatic rings. The van der Waals surface area contributed by atoms with Gasteiger partial charge in [0.25, 0.3) is 5.91 Å². The zero-order chi connectivity index (χ0) is 13.2. The summed E-state index contributed by atoms with van der Waals surface area (Å²) in [4.78, 5) is 15.3. The van der Waals surface area contributed by atoms with Crippen LogP contribution in [0.3, 0.4) is 0 Å². The van der Waals surface area contributed by atoms with E-state index in [0.29, 0.717) is 5.92 Å². The van der Waals surface area contributed by atoms with Crippen LogP contribution < -0.4 is 5.32 Å². The molecule has 1 unspecified atom stereocenters. The second-order valence-electron chi connectivity index (χ2n) is 5.11. The molecule has 0 aliphatic carbocycles. The Balaban J connectivity index is 0.00000147. The van der Waals surface area contributed by atoms with Crippen molar-refractivity contribution in [3.63, 3.8) is 0 Å². The molecule has 1 atom stereocenters. The molecule has 1 saturated heterocycles. The van der Waals surface area contributed by atoms with Crippen LogP contribution in [-0.2, 0) is 0 Å². The predicted octanol–water partition coefficient (Wildman–Crippen LogP) is 3.00. The van der Waals surface area contributed by atoms with E-state index < -0.39 is 0 Å². The van der Waals surface area contributed by atoms with E-state index in [9.17, 15) is 4.79 Å². The summed E-state index contributed by atoms with van der Waals surface area (Å²) in [6.07, 6.45) is 1.11. The van der Waals surface area contributed by atoms with Crippen LogP contribution in [0.1, 0.15) is 16.1 Å². The Bertz CT molecular complexity index is 565. The minimum absolute atomic E-state index is 0. The fraction of sp³-hybridized carbons (Fsp3) is 0.400. The predicted molar refractivity (Wildman–Crippen MR) is 87.0 cm³/mol. The van der Waals surface area contributed by atoms with Gasteiger partial charge in [-0.05, 0) is 43.5 Å². The summed E-state index contributed by atoms with van der Waals surface area (Å²) in [7, 11) is 1.97. The second-order valence-corrected chi connectivity index (χ2v) is 6.20. The molecular formula is C15H19ClN2OS. The van der Waals surface area contributed by atoms with E-state index in [1.165, 1.54) is 10.1 Å². The molecule has 0 radical (unpaired) electrons. The van der Waals surface area contributed by atoms with Gasteiger partial charge in [-0.2, -0.15) is 0 Å². The summed E-state index contributed by atoms with van der Waals surface area (Å²) >= 11 is 1.60. The van der Waals surface area contributed by atoms with Gasteiger partial charge >= 0.3 is 0 Å². The topological polar surface area (TPSA) is 32.3 Å². The highest BCUT2D eigenvalue weighted by Crippen LogP contribution is 2.27. The fourth-order valence-electron chi connectivity index (χ4n) is 2.72. The zero-order valence-corrected chi connectivity index (χ0v) is 13.1. The Kier molecular flexibility index (Phi) is 5.02. The van der Waals surface area contributed by atoms with Crippen molar-refractivity contribution < 1.29 is 4.79 Å². The van der Waals surface area contributed by atoms with Crippen molar-refractivity contribution >= 4 is 39.7 Å². The van der Waals surface area contributed by atoms with Gasteiger partial charge in [-0.3, -0.25) is 4.79 Å². The molecule has 20 heavy (non-hydrogen) atoms. The number of carbonyl (C=O) groups is 1. The largest absolute Gasteiger partial charge is 0.338 e. The van der Waals surface area contributed by atoms with E-state index >= 15 is 0 Å². The number of thiophene rings is 1. The van der Waals surface area contributed by atoms with Crippen LogP contribution in [0.15, 0.2) is 30.3 Å². The summed E-state index contributed by atoms with van der Waals surface area (Å²) in [6, 6.07) is 10.2. The first-order valence-electron chi connectivity index (χ1n) is 6.70. The molecule has 1 amide bonds. The van der Waals surface area contributed by atoms with Gasteiger partial charge in [-0.1, -0.05) is 18.2 Å². The van der Waals surface area contributed by atoms with Crippen LogP contribution in [0.25, 0.3) is 10.1 Å². The number of likely N-dealkylation sites (tertiary alicyclic amines) is 1. The lowest BCUT2D eigenvalue weighted by Crippen LogP contribution is -2.29. The van der Waals surface area contributed by atoms with Crippen molar-refractivity contribution in [1.82, 2.24) is 10.2 Å². The van der Waals surface area contributed by atoms with Crippen molar-refractivity contribution in [2.75, 3.05) is 26.7 Å². The average Bonchev–Trinajstić information content (AvgIpc) is 3.04. The third-order valence-electron chi connectivity index (χ3n) is 3.70. The average molecular weight is 311 g/mol. The van der Waals surface area contributed by atoms with Gasteiger partial charge in [0.15, 0.2) is 0 Å². The molecule has 1 aromatic carbocycles. The number of amides is 1. The maximum absolute atomic E-state index is 12.5. The van der Waals surface area contributed by atoms with E-state index in [1.807, 2.05) is 30.1 Å². The lowest BCUT2D eigenvalue weighted by molar-refractivity contribution is 0.0792. The maximum Gasteiger partial charge on any atom is 0.263 e. The van der Waals surface area contributed by atoms with Crippen LogP contribution in [-0.4, -0.2) is 37.5 Å². The first kappa shape index (κ1) is 15.3. The Morgan fingerprint density at radius 2 is 2.25 bits per heavy atom. The van der Waals surface area contributed by atoms with E-state index in [1.54, 1.807) is 11.3 Å². The Labute approximate surface area is 129 Å². The molecule has 1 aliphatic rings. The van der Waals surface area contributed by atoms with Crippen LogP contribution >= 0.6 is 23.7 Å². The monoisotopic (exact) mass is 310 g/mol. The van der Waals surface area contributed by atoms with E-state index in [2.05, 4.69) is 17.4 Å². The third-order valence-corrected chi connectivity index (χ3v) is 4.81. The molecule has 1 aromatic heterocycles. The number of hydrogen-bond acceptors (Lipinski definition) is 3. The standard InChI is InChI=1S/C15H18N2OS.ClH/c1-16-9-11-6-7-17(10-11)15(18)14-8-12-4-2-3-5-13(12)19-14;/h2-5,8,11,16H,6-7,9-10H2,1H3;1H. The zero-order valence-electron chi connectivity index (χ0n) is 11.5. The van der Waals surface area contributed by atoms with Gasteiger partial charge in [0.1, 0.15) is 0 Å². The van der Waals surface area contributed by atoms with Gasteiger partial charge in [-0.25, -0.2) is 0 Å². The number of fused-ring (bicyclic) bond motifs is 1. The van der Waals surface area contributed by atoms with Crippen LogP contribution in [0.5, 0.6) is 0 Å². The highest BCUT2D eigenvalue weighted by Gasteiger charge is 2.27. The number of benzene rings is 1. The quantitative estimate of drug-likeness (QED) is 0.945. The molecule has 1 fully saturated rings. The van der Waals surface area contributed by atoms with Crippen molar-refractivity contribution in [3.8, 4) is 0 Å². The lowest BCUT2D eigenvalue weighted by atomic mass is 10.1. The highest BCUT2D eigenvalue weighted by atomic mass is 35.5. The molecule has 0 saturated carbocycles. The summed E-state index contributed by atoms with van der Waals surface area (Å²) in [5, 5.41) is 4.36. The van der Waals surface area contributed by atoms with E-state index in [4.69, 9.17) is 0 Å². The van der Waals surface area contributed by atoms with Gasteiger partial charge < -0.3 is 10.2 Å². The minimum atomic E-state index is 0. The number of rotatable bonds is 3. The Morgan fingerprint density at radius 1 is 1.45 bits per heavy atom. The lowest BCUT2D eigenvalue weighted by Gasteiger charge is -2.15. The molecule has 1 N–H and O–H groups in total. The molecular weight excluding hydrogens is 292 g/mol. The highest BCUT2D eigenvalue weighted by molar-refractivity contribution is 7.20. The molecule has 0 spiro atoms. The van der Waals surface area contributed by atoms with Gasteiger partial charge in [0, 0.05) is 17.8 Å². The fourth-order valence-corrected chi connectivity index (χ4v) is 3.75. The summed E-state index contributed by atoms with van der Waals surface area (Å²) < 4.78 is 1.19. The third kappa shape index (κ3) is 2.97. The molecule has 3 rings (SSSR count). The number of halogens is 1. The minimum Gasteiger partial charge on any atom is -0.338 e. The SMILES string of the molecule is CNCC1CCN(C(=O)c2cc3ccccc3s2)C1.Cl. The number of nitrogens with one attached hydrogen (secondary N) is 1. The van der Waals surface area contributed by atoms with Crippen LogP contribution in [0.2, 0.25) is 0 Å². The van der Waals surface area contributed by atoms with E-state index in [-0.39, 0.29) is 18.3 Å². The molecule has 2 heterocycles. The van der Waals surface area contributed by atoms with Gasteiger partial charge in [0.2, 0.25) is 0 Å². The van der Waals surface area contributed by atoms with Gasteiger partial charge in [-0.15, -0.1) is 23.7 Å². The number of hydrogen-bond donors (Lipinski definition) is 1.